The minimum Gasteiger partial charge on any atom is -0.336 e. The van der Waals surface area contributed by atoms with Crippen molar-refractivity contribution >= 4 is 22.8 Å². The van der Waals surface area contributed by atoms with Crippen LogP contribution in [0.25, 0.3) is 22.6 Å². The number of H-pyrrole nitrogens is 1. The van der Waals surface area contributed by atoms with E-state index < -0.39 is 0 Å². The number of nitrogens with zero attached hydrogens (tertiary/aromatic N) is 3. The number of carbonyl (C=O) groups excluding carboxylic acids is 1. The Morgan fingerprint density at radius 3 is 2.94 bits per heavy atom. The van der Waals surface area contributed by atoms with Gasteiger partial charge in [-0.05, 0) is 22.4 Å². The lowest BCUT2D eigenvalue weighted by Gasteiger charge is -1.95. The Kier molecular flexibility index (Phi) is 2.30. The maximum absolute atomic E-state index is 11.0. The Balaban J connectivity index is 2.08. The summed E-state index contributed by atoms with van der Waals surface area (Å²) in [5.41, 5.74) is 2.06. The number of aromatic amines is 1. The molecule has 1 amide bonds. The number of nitrogens with one attached hydrogen (secondary N) is 2. The molecule has 90 valence electrons. The Bertz CT molecular complexity index is 682. The molecule has 0 aliphatic heterocycles. The highest BCUT2D eigenvalue weighted by Gasteiger charge is 2.16. The minimum absolute atomic E-state index is 0.247. The number of amides is 1. The smallest absolute Gasteiger partial charge is 0.222 e. The van der Waals surface area contributed by atoms with Crippen molar-refractivity contribution < 1.29 is 9.42 Å². The van der Waals surface area contributed by atoms with Gasteiger partial charge in [-0.3, -0.25) is 4.79 Å². The van der Waals surface area contributed by atoms with E-state index in [1.807, 2.05) is 24.3 Å². The topological polar surface area (TPSA) is 96.7 Å². The molecule has 0 spiro atoms. The van der Waals surface area contributed by atoms with Crippen LogP contribution in [-0.4, -0.2) is 26.2 Å². The molecule has 0 aliphatic carbocycles. The summed E-state index contributed by atoms with van der Waals surface area (Å²) in [4.78, 5) is 18.5. The summed E-state index contributed by atoms with van der Waals surface area (Å²) in [5, 5.41) is 9.89. The van der Waals surface area contributed by atoms with Gasteiger partial charge in [0.2, 0.25) is 11.7 Å². The number of hydrogen-bond donors (Lipinski definition) is 2. The molecule has 3 rings (SSSR count). The number of anilines is 1. The third-order valence-corrected chi connectivity index (χ3v) is 2.40. The number of rotatable bonds is 2. The van der Waals surface area contributed by atoms with Crippen molar-refractivity contribution in [3.63, 3.8) is 0 Å². The average Bonchev–Trinajstić information content (AvgIpc) is 2.93. The van der Waals surface area contributed by atoms with Gasteiger partial charge in [0.1, 0.15) is 0 Å². The van der Waals surface area contributed by atoms with Crippen LogP contribution in [0.5, 0.6) is 0 Å². The van der Waals surface area contributed by atoms with Crippen molar-refractivity contribution in [2.75, 3.05) is 5.32 Å². The summed E-state index contributed by atoms with van der Waals surface area (Å²) in [6.07, 6.45) is 0. The fourth-order valence-electron chi connectivity index (χ4n) is 1.66. The van der Waals surface area contributed by atoms with Gasteiger partial charge in [-0.1, -0.05) is 12.1 Å². The fraction of sp³-hybridized carbons (Fsp3) is 0.0909. The number of benzene rings is 1. The maximum atomic E-state index is 11.0. The van der Waals surface area contributed by atoms with Gasteiger partial charge in [0.05, 0.1) is 11.0 Å². The van der Waals surface area contributed by atoms with Gasteiger partial charge < -0.3 is 10.3 Å². The highest BCUT2D eigenvalue weighted by molar-refractivity contribution is 5.91. The summed E-state index contributed by atoms with van der Waals surface area (Å²) < 4.78 is 4.62. The monoisotopic (exact) mass is 243 g/mol. The molecule has 0 saturated carbocycles. The van der Waals surface area contributed by atoms with E-state index in [-0.39, 0.29) is 11.7 Å². The molecule has 0 aliphatic rings. The summed E-state index contributed by atoms with van der Waals surface area (Å²) in [6.45, 7) is 1.39. The molecular formula is C11H9N5O2. The molecule has 0 unspecified atom stereocenters. The quantitative estimate of drug-likeness (QED) is 0.712. The van der Waals surface area contributed by atoms with Gasteiger partial charge in [-0.25, -0.2) is 9.61 Å². The van der Waals surface area contributed by atoms with Crippen LogP contribution in [0.3, 0.4) is 0 Å². The molecule has 2 N–H and O–H groups in total. The number of aromatic nitrogens is 4. The first-order valence-corrected chi connectivity index (χ1v) is 5.29. The van der Waals surface area contributed by atoms with Crippen LogP contribution in [-0.2, 0) is 4.79 Å². The summed E-state index contributed by atoms with van der Waals surface area (Å²) in [6, 6.07) is 7.57. The van der Waals surface area contributed by atoms with Crippen LogP contribution in [0.4, 0.5) is 5.82 Å². The van der Waals surface area contributed by atoms with E-state index in [9.17, 15) is 4.79 Å². The van der Waals surface area contributed by atoms with Crippen LogP contribution in [0.15, 0.2) is 28.9 Å². The molecule has 7 heteroatoms. The predicted octanol–water partition coefficient (Wildman–Crippen LogP) is 1.57. The molecule has 0 radical (unpaired) electrons. The van der Waals surface area contributed by atoms with Gasteiger partial charge in [0.25, 0.3) is 0 Å². The molecule has 2 heterocycles. The molecule has 0 saturated heterocycles. The van der Waals surface area contributed by atoms with Gasteiger partial charge >= 0.3 is 0 Å². The van der Waals surface area contributed by atoms with E-state index in [0.717, 1.165) is 11.0 Å². The molecule has 0 fully saturated rings. The zero-order valence-electron chi connectivity index (χ0n) is 9.47. The molecule has 3 aromatic rings. The second kappa shape index (κ2) is 3.95. The Labute approximate surface area is 101 Å². The molecule has 18 heavy (non-hydrogen) atoms. The largest absolute Gasteiger partial charge is 0.336 e. The highest BCUT2D eigenvalue weighted by atomic mass is 16.6. The second-order valence-corrected chi connectivity index (χ2v) is 3.75. The summed E-state index contributed by atoms with van der Waals surface area (Å²) in [5.74, 6) is 0.505. The lowest BCUT2D eigenvalue weighted by Crippen LogP contribution is -2.07. The number of fused-ring (bicyclic) bond motifs is 1. The zero-order chi connectivity index (χ0) is 12.5. The van der Waals surface area contributed by atoms with Crippen molar-refractivity contribution in [3.05, 3.63) is 24.3 Å². The van der Waals surface area contributed by atoms with Crippen molar-refractivity contribution in [3.8, 4) is 11.5 Å². The van der Waals surface area contributed by atoms with Gasteiger partial charge in [-0.15, -0.1) is 0 Å². The summed E-state index contributed by atoms with van der Waals surface area (Å²) >= 11 is 0. The van der Waals surface area contributed by atoms with E-state index in [1.54, 1.807) is 0 Å². The number of hydrogen-bond acceptors (Lipinski definition) is 5. The number of carbonyl (C=O) groups is 1. The van der Waals surface area contributed by atoms with Crippen LogP contribution >= 0.6 is 0 Å². The van der Waals surface area contributed by atoms with Crippen LogP contribution in [0, 0.1) is 0 Å². The molecule has 1 aromatic carbocycles. The van der Waals surface area contributed by atoms with E-state index in [2.05, 4.69) is 30.2 Å². The first-order chi connectivity index (χ1) is 8.74. The Morgan fingerprint density at radius 2 is 2.17 bits per heavy atom. The van der Waals surface area contributed by atoms with E-state index >= 15 is 0 Å². The first kappa shape index (κ1) is 10.5. The van der Waals surface area contributed by atoms with Gasteiger partial charge in [0.15, 0.2) is 11.5 Å². The third kappa shape index (κ3) is 1.71. The molecule has 7 nitrogen and oxygen atoms in total. The van der Waals surface area contributed by atoms with Crippen molar-refractivity contribution in [1.29, 1.82) is 0 Å². The minimum atomic E-state index is -0.247. The first-order valence-electron chi connectivity index (χ1n) is 5.29. The molecule has 0 atom stereocenters. The summed E-state index contributed by atoms with van der Waals surface area (Å²) in [7, 11) is 0. The SMILES string of the molecule is CC(=O)Nc1nonc1-c1nc2ccccc2[nH]1. The number of imidazole rings is 1. The van der Waals surface area contributed by atoms with Crippen LogP contribution in [0.2, 0.25) is 0 Å². The average molecular weight is 243 g/mol. The van der Waals surface area contributed by atoms with Crippen LogP contribution < -0.4 is 5.32 Å². The normalized spacial score (nSPS) is 10.7. The fourth-order valence-corrected chi connectivity index (χ4v) is 1.66. The standard InChI is InChI=1S/C11H9N5O2/c1-6(17)12-11-9(15-18-16-11)10-13-7-4-2-3-5-8(7)14-10/h2-5H,1H3,(H,13,14)(H,12,16,17). The molecular weight excluding hydrogens is 234 g/mol. The van der Waals surface area contributed by atoms with E-state index in [4.69, 9.17) is 0 Å². The highest BCUT2D eigenvalue weighted by Crippen LogP contribution is 2.23. The van der Waals surface area contributed by atoms with Gasteiger partial charge in [-0.2, -0.15) is 0 Å². The number of para-hydroxylation sites is 2. The second-order valence-electron chi connectivity index (χ2n) is 3.75. The zero-order valence-corrected chi connectivity index (χ0v) is 9.47. The lowest BCUT2D eigenvalue weighted by molar-refractivity contribution is -0.114. The van der Waals surface area contributed by atoms with Crippen molar-refractivity contribution in [1.82, 2.24) is 20.3 Å². The Morgan fingerprint density at radius 1 is 1.33 bits per heavy atom. The van der Waals surface area contributed by atoms with Crippen LogP contribution in [0.1, 0.15) is 6.92 Å². The lowest BCUT2D eigenvalue weighted by atomic mass is 10.3. The Hall–Kier alpha value is -2.70. The molecule has 2 aromatic heterocycles. The molecule has 0 bridgehead atoms. The predicted molar refractivity (Wildman–Crippen MR) is 63.7 cm³/mol. The van der Waals surface area contributed by atoms with Gasteiger partial charge in [0, 0.05) is 6.92 Å². The van der Waals surface area contributed by atoms with Crippen molar-refractivity contribution in [2.45, 2.75) is 6.92 Å². The maximum Gasteiger partial charge on any atom is 0.222 e. The van der Waals surface area contributed by atoms with Crippen molar-refractivity contribution in [2.24, 2.45) is 0 Å². The van der Waals surface area contributed by atoms with E-state index in [1.165, 1.54) is 6.92 Å². The van der Waals surface area contributed by atoms with E-state index in [0.29, 0.717) is 11.5 Å². The third-order valence-electron chi connectivity index (χ3n) is 2.40.